The third-order valence-corrected chi connectivity index (χ3v) is 7.06. The first-order valence-corrected chi connectivity index (χ1v) is 12.1. The summed E-state index contributed by atoms with van der Waals surface area (Å²) >= 11 is 24.5. The summed E-state index contributed by atoms with van der Waals surface area (Å²) in [5.41, 5.74) is 2.01. The minimum atomic E-state index is -1.32. The van der Waals surface area contributed by atoms with Gasteiger partial charge in [0.2, 0.25) is 0 Å². The van der Waals surface area contributed by atoms with Crippen molar-refractivity contribution in [3.05, 3.63) is 60.5 Å². The van der Waals surface area contributed by atoms with Gasteiger partial charge in [-0.3, -0.25) is 19.3 Å². The van der Waals surface area contributed by atoms with Crippen LogP contribution in [0.3, 0.4) is 0 Å². The van der Waals surface area contributed by atoms with Crippen molar-refractivity contribution in [3.63, 3.8) is 0 Å². The Bertz CT molecular complexity index is 1180. The van der Waals surface area contributed by atoms with Gasteiger partial charge in [0.25, 0.3) is 17.7 Å². The van der Waals surface area contributed by atoms with Gasteiger partial charge in [0.1, 0.15) is 6.04 Å². The molecule has 1 heterocycles. The minimum Gasteiger partial charge on any atom is -0.454 e. The normalized spacial score (nSPS) is 13.8. The Labute approximate surface area is 222 Å². The molecule has 0 unspecified atom stereocenters. The highest BCUT2D eigenvalue weighted by molar-refractivity contribution is 6.55. The zero-order valence-corrected chi connectivity index (χ0v) is 22.3. The first-order valence-electron chi connectivity index (χ1n) is 10.6. The summed E-state index contributed by atoms with van der Waals surface area (Å²) in [4.78, 5) is 52.5. The number of carbonyl (C=O) groups excluding carboxylic acids is 4. The van der Waals surface area contributed by atoms with Gasteiger partial charge in [-0.05, 0) is 49.4 Å². The summed E-state index contributed by atoms with van der Waals surface area (Å²) in [7, 11) is 0. The number of esters is 1. The van der Waals surface area contributed by atoms with Crippen molar-refractivity contribution in [2.24, 2.45) is 5.92 Å². The van der Waals surface area contributed by atoms with Crippen LogP contribution in [0.25, 0.3) is 0 Å². The molecule has 0 bridgehead atoms. The fourth-order valence-electron chi connectivity index (χ4n) is 3.88. The van der Waals surface area contributed by atoms with Crippen LogP contribution in [-0.4, -0.2) is 41.2 Å². The number of nitrogens with one attached hydrogen (secondary N) is 1. The Hall–Kier alpha value is -2.32. The molecule has 3 amide bonds. The number of nitrogens with zero attached hydrogens (tertiary/aromatic N) is 1. The molecule has 0 fully saturated rings. The molecule has 0 spiro atoms. The number of benzene rings is 2. The number of carbonyl (C=O) groups is 4. The molecular weight excluding hydrogens is 538 g/mol. The summed E-state index contributed by atoms with van der Waals surface area (Å²) < 4.78 is 5.20. The third-order valence-electron chi connectivity index (χ3n) is 5.26. The Morgan fingerprint density at radius 3 is 1.83 bits per heavy atom. The molecule has 35 heavy (non-hydrogen) atoms. The summed E-state index contributed by atoms with van der Waals surface area (Å²) in [5.74, 6) is -3.30. The van der Waals surface area contributed by atoms with Gasteiger partial charge in [-0.25, -0.2) is 4.79 Å². The number of aryl methyl sites for hydroxylation is 2. The largest absolute Gasteiger partial charge is 0.454 e. The highest BCUT2D eigenvalue weighted by Gasteiger charge is 2.47. The van der Waals surface area contributed by atoms with E-state index in [2.05, 4.69) is 5.32 Å². The SMILES string of the molecule is Cc1cc(C)cc(NC(=O)COC(=O)[C@H](CC(C)C)N2C(=O)c3c(Cl)c(Cl)c(Cl)c(Cl)c3C2=O)c1. The number of rotatable bonds is 7. The van der Waals surface area contributed by atoms with Crippen molar-refractivity contribution in [1.82, 2.24) is 4.90 Å². The molecule has 0 aromatic heterocycles. The minimum absolute atomic E-state index is 0.0830. The predicted octanol–water partition coefficient (Wildman–Crippen LogP) is 6.11. The Kier molecular flexibility index (Phi) is 8.37. The predicted molar refractivity (Wildman–Crippen MR) is 136 cm³/mol. The zero-order valence-electron chi connectivity index (χ0n) is 19.3. The van der Waals surface area contributed by atoms with Crippen LogP contribution in [0, 0.1) is 19.8 Å². The molecule has 1 aliphatic rings. The quantitative estimate of drug-likeness (QED) is 0.191. The number of imide groups is 1. The van der Waals surface area contributed by atoms with Crippen LogP contribution in [0.5, 0.6) is 0 Å². The maximum absolute atomic E-state index is 13.2. The van der Waals surface area contributed by atoms with Gasteiger partial charge in [0.15, 0.2) is 6.61 Å². The van der Waals surface area contributed by atoms with Crippen molar-refractivity contribution < 1.29 is 23.9 Å². The van der Waals surface area contributed by atoms with Gasteiger partial charge in [0.05, 0.1) is 31.2 Å². The second kappa shape index (κ2) is 10.7. The van der Waals surface area contributed by atoms with Crippen molar-refractivity contribution in [3.8, 4) is 0 Å². The number of anilines is 1. The molecule has 1 N–H and O–H groups in total. The molecule has 2 aromatic carbocycles. The number of fused-ring (bicyclic) bond motifs is 1. The van der Waals surface area contributed by atoms with E-state index in [0.29, 0.717) is 5.69 Å². The van der Waals surface area contributed by atoms with Crippen LogP contribution in [-0.2, 0) is 14.3 Å². The van der Waals surface area contributed by atoms with Crippen LogP contribution in [0.2, 0.25) is 20.1 Å². The van der Waals surface area contributed by atoms with Crippen molar-refractivity contribution in [2.45, 2.75) is 40.2 Å². The van der Waals surface area contributed by atoms with E-state index in [1.165, 1.54) is 0 Å². The lowest BCUT2D eigenvalue weighted by atomic mass is 10.0. The van der Waals surface area contributed by atoms with Crippen molar-refractivity contribution in [1.29, 1.82) is 0 Å². The molecule has 3 rings (SSSR count). The molecule has 7 nitrogen and oxygen atoms in total. The average Bonchev–Trinajstić information content (AvgIpc) is 3.02. The lowest BCUT2D eigenvalue weighted by Gasteiger charge is -2.26. The topological polar surface area (TPSA) is 92.8 Å². The number of hydrogen-bond acceptors (Lipinski definition) is 5. The van der Waals surface area contributed by atoms with Gasteiger partial charge in [-0.2, -0.15) is 0 Å². The monoisotopic (exact) mass is 558 g/mol. The van der Waals surface area contributed by atoms with E-state index >= 15 is 0 Å². The number of amides is 3. The lowest BCUT2D eigenvalue weighted by molar-refractivity contribution is -0.151. The summed E-state index contributed by atoms with van der Waals surface area (Å²) in [6.45, 7) is 6.78. The molecule has 0 aliphatic carbocycles. The van der Waals surface area contributed by atoms with E-state index in [4.69, 9.17) is 51.1 Å². The molecule has 0 radical (unpaired) electrons. The van der Waals surface area contributed by atoms with Crippen LogP contribution < -0.4 is 5.32 Å². The second-order valence-electron chi connectivity index (χ2n) is 8.66. The van der Waals surface area contributed by atoms with Crippen LogP contribution >= 0.6 is 46.4 Å². The summed E-state index contributed by atoms with van der Waals surface area (Å²) in [6.07, 6.45) is 0.0830. The molecule has 186 valence electrons. The molecule has 2 aromatic rings. The first-order chi connectivity index (χ1) is 16.3. The Balaban J connectivity index is 1.82. The van der Waals surface area contributed by atoms with Crippen LogP contribution in [0.1, 0.15) is 52.1 Å². The third kappa shape index (κ3) is 5.59. The molecular formula is C24H22Cl4N2O5. The van der Waals surface area contributed by atoms with E-state index < -0.39 is 36.3 Å². The lowest BCUT2D eigenvalue weighted by Crippen LogP contribution is -2.47. The molecule has 1 aliphatic heterocycles. The Morgan fingerprint density at radius 2 is 1.37 bits per heavy atom. The van der Waals surface area contributed by atoms with Crippen molar-refractivity contribution in [2.75, 3.05) is 11.9 Å². The van der Waals surface area contributed by atoms with E-state index in [9.17, 15) is 19.2 Å². The van der Waals surface area contributed by atoms with Gasteiger partial charge in [0, 0.05) is 5.69 Å². The van der Waals surface area contributed by atoms with Gasteiger partial charge in [-0.15, -0.1) is 0 Å². The first kappa shape index (κ1) is 27.3. The maximum atomic E-state index is 13.2. The zero-order chi connectivity index (χ0) is 26.2. The molecule has 11 heteroatoms. The second-order valence-corrected chi connectivity index (χ2v) is 10.2. The summed E-state index contributed by atoms with van der Waals surface area (Å²) in [6, 6.07) is 4.18. The highest BCUT2D eigenvalue weighted by Crippen LogP contribution is 2.45. The standard InChI is InChI=1S/C24H22Cl4N2O5/c1-10(2)5-14(24(34)35-9-15(31)29-13-7-11(3)6-12(4)8-13)30-22(32)16-17(23(30)33)19(26)21(28)20(27)18(16)25/h6-8,10,14H,5,9H2,1-4H3,(H,29,31)/t14-/m0/s1. The van der Waals surface area contributed by atoms with E-state index in [1.807, 2.05) is 19.9 Å². The number of ether oxygens (including phenoxy) is 1. The molecule has 1 atom stereocenters. The smallest absolute Gasteiger partial charge is 0.329 e. The number of halogens is 4. The molecule has 0 saturated carbocycles. The van der Waals surface area contributed by atoms with Crippen LogP contribution in [0.15, 0.2) is 18.2 Å². The number of hydrogen-bond donors (Lipinski definition) is 1. The van der Waals surface area contributed by atoms with E-state index in [1.54, 1.807) is 26.0 Å². The van der Waals surface area contributed by atoms with Crippen molar-refractivity contribution >= 4 is 75.8 Å². The summed E-state index contributed by atoms with van der Waals surface area (Å²) in [5, 5.41) is 1.84. The van der Waals surface area contributed by atoms with Gasteiger partial charge < -0.3 is 10.1 Å². The average molecular weight is 560 g/mol. The van der Waals surface area contributed by atoms with E-state index in [-0.39, 0.29) is 43.6 Å². The molecule has 0 saturated heterocycles. The van der Waals surface area contributed by atoms with Gasteiger partial charge in [-0.1, -0.05) is 66.3 Å². The van der Waals surface area contributed by atoms with E-state index in [0.717, 1.165) is 16.0 Å². The highest BCUT2D eigenvalue weighted by atomic mass is 35.5. The fraction of sp³-hybridized carbons (Fsp3) is 0.333. The van der Waals surface area contributed by atoms with Crippen LogP contribution in [0.4, 0.5) is 5.69 Å². The van der Waals surface area contributed by atoms with Gasteiger partial charge >= 0.3 is 5.97 Å². The fourth-order valence-corrected chi connectivity index (χ4v) is 4.89. The maximum Gasteiger partial charge on any atom is 0.329 e. The Morgan fingerprint density at radius 1 is 0.886 bits per heavy atom.